The molecule has 0 radical (unpaired) electrons. The Labute approximate surface area is 138 Å². The molecule has 0 aliphatic rings. The average molecular weight is 331 g/mol. The highest BCUT2D eigenvalue weighted by atomic mass is 16.6. The minimum absolute atomic E-state index is 0.0539. The Balaban J connectivity index is 1.86. The maximum Gasteiger partial charge on any atom is 0.337 e. The summed E-state index contributed by atoms with van der Waals surface area (Å²) in [4.78, 5) is 21.8. The molecule has 0 spiro atoms. The first-order valence-electron chi connectivity index (χ1n) is 7.20. The normalized spacial score (nSPS) is 10.1. The lowest BCUT2D eigenvalue weighted by Crippen LogP contribution is -2.10. The van der Waals surface area contributed by atoms with Crippen molar-refractivity contribution in [1.82, 2.24) is 0 Å². The fourth-order valence-electron chi connectivity index (χ4n) is 2.07. The molecule has 7 nitrogen and oxygen atoms in total. The van der Waals surface area contributed by atoms with E-state index in [1.807, 2.05) is 0 Å². The van der Waals surface area contributed by atoms with Gasteiger partial charge >= 0.3 is 5.97 Å². The Morgan fingerprint density at radius 1 is 1.08 bits per heavy atom. The van der Waals surface area contributed by atoms with Gasteiger partial charge in [0.15, 0.2) is 0 Å². The van der Waals surface area contributed by atoms with Crippen molar-refractivity contribution in [2.75, 3.05) is 20.3 Å². The minimum atomic E-state index is -0.434. The quantitative estimate of drug-likeness (QED) is 0.335. The number of methoxy groups -OCH3 is 1. The smallest absolute Gasteiger partial charge is 0.337 e. The van der Waals surface area contributed by atoms with Crippen LogP contribution in [0.5, 0.6) is 11.5 Å². The number of carbonyl (C=O) groups is 1. The van der Waals surface area contributed by atoms with Gasteiger partial charge < -0.3 is 14.2 Å². The molecule has 0 atom stereocenters. The first kappa shape index (κ1) is 17.3. The third-order valence-corrected chi connectivity index (χ3v) is 3.24. The minimum Gasteiger partial charge on any atom is -0.490 e. The molecule has 0 saturated carbocycles. The number of esters is 1. The van der Waals surface area contributed by atoms with Crippen molar-refractivity contribution in [2.24, 2.45) is 0 Å². The number of aryl methyl sites for hydroxylation is 1. The van der Waals surface area contributed by atoms with Gasteiger partial charge in [-0.2, -0.15) is 0 Å². The number of ether oxygens (including phenoxy) is 3. The van der Waals surface area contributed by atoms with E-state index in [0.717, 1.165) is 0 Å². The average Bonchev–Trinajstić information content (AvgIpc) is 2.58. The van der Waals surface area contributed by atoms with Crippen molar-refractivity contribution >= 4 is 11.7 Å². The first-order chi connectivity index (χ1) is 11.5. The van der Waals surface area contributed by atoms with Crippen molar-refractivity contribution in [3.8, 4) is 11.5 Å². The molecule has 0 amide bonds. The van der Waals surface area contributed by atoms with E-state index in [0.29, 0.717) is 22.6 Å². The zero-order chi connectivity index (χ0) is 17.5. The summed E-state index contributed by atoms with van der Waals surface area (Å²) in [5.74, 6) is 0.629. The van der Waals surface area contributed by atoms with Crippen LogP contribution in [-0.4, -0.2) is 31.2 Å². The van der Waals surface area contributed by atoms with Crippen LogP contribution in [0, 0.1) is 17.0 Å². The molecule has 2 aromatic carbocycles. The molecule has 0 aliphatic carbocycles. The lowest BCUT2D eigenvalue weighted by molar-refractivity contribution is -0.385. The van der Waals surface area contributed by atoms with Gasteiger partial charge in [0, 0.05) is 11.6 Å². The molecule has 0 unspecified atom stereocenters. The largest absolute Gasteiger partial charge is 0.490 e. The highest BCUT2D eigenvalue weighted by Gasteiger charge is 2.10. The van der Waals surface area contributed by atoms with Crippen LogP contribution in [0.25, 0.3) is 0 Å². The molecule has 0 aliphatic heterocycles. The Kier molecular flexibility index (Phi) is 5.73. The predicted octanol–water partition coefficient (Wildman–Crippen LogP) is 3.15. The van der Waals surface area contributed by atoms with Gasteiger partial charge in [0.2, 0.25) is 0 Å². The third kappa shape index (κ3) is 4.45. The summed E-state index contributed by atoms with van der Waals surface area (Å²) in [5.41, 5.74) is 0.990. The van der Waals surface area contributed by atoms with Crippen LogP contribution < -0.4 is 9.47 Å². The summed E-state index contributed by atoms with van der Waals surface area (Å²) in [5, 5.41) is 10.8. The van der Waals surface area contributed by atoms with Crippen molar-refractivity contribution in [2.45, 2.75) is 6.92 Å². The lowest BCUT2D eigenvalue weighted by Gasteiger charge is -2.09. The summed E-state index contributed by atoms with van der Waals surface area (Å²) in [7, 11) is 1.32. The molecule has 7 heteroatoms. The number of benzene rings is 2. The van der Waals surface area contributed by atoms with Crippen LogP contribution in [0.4, 0.5) is 5.69 Å². The summed E-state index contributed by atoms with van der Waals surface area (Å²) < 4.78 is 15.7. The van der Waals surface area contributed by atoms with Gasteiger partial charge in [0.25, 0.3) is 5.69 Å². The van der Waals surface area contributed by atoms with E-state index < -0.39 is 10.9 Å². The van der Waals surface area contributed by atoms with E-state index in [1.165, 1.54) is 13.2 Å². The van der Waals surface area contributed by atoms with E-state index in [9.17, 15) is 14.9 Å². The topological polar surface area (TPSA) is 87.9 Å². The predicted molar refractivity (Wildman–Crippen MR) is 86.6 cm³/mol. The van der Waals surface area contributed by atoms with Gasteiger partial charge in [-0.15, -0.1) is 0 Å². The molecule has 0 saturated heterocycles. The summed E-state index contributed by atoms with van der Waals surface area (Å²) >= 11 is 0. The number of nitro benzene ring substituents is 1. The third-order valence-electron chi connectivity index (χ3n) is 3.24. The molecule has 0 fully saturated rings. The molecule has 2 rings (SSSR count). The van der Waals surface area contributed by atoms with Gasteiger partial charge in [0.1, 0.15) is 24.7 Å². The van der Waals surface area contributed by atoms with E-state index in [2.05, 4.69) is 4.74 Å². The number of hydrogen-bond acceptors (Lipinski definition) is 6. The Morgan fingerprint density at radius 3 is 2.33 bits per heavy atom. The van der Waals surface area contributed by atoms with Crippen LogP contribution in [0.2, 0.25) is 0 Å². The van der Waals surface area contributed by atoms with Crippen LogP contribution in [0.1, 0.15) is 15.9 Å². The first-order valence-corrected chi connectivity index (χ1v) is 7.20. The second-order valence-corrected chi connectivity index (χ2v) is 4.92. The number of hydrogen-bond donors (Lipinski definition) is 0. The summed E-state index contributed by atoms with van der Waals surface area (Å²) in [6.45, 7) is 2.18. The molecule has 24 heavy (non-hydrogen) atoms. The SMILES string of the molecule is COC(=O)c1cccc(OCCOc2ccc([N+](=O)[O-])c(C)c2)c1. The van der Waals surface area contributed by atoms with Crippen molar-refractivity contribution in [3.05, 3.63) is 63.7 Å². The van der Waals surface area contributed by atoms with Crippen molar-refractivity contribution in [1.29, 1.82) is 0 Å². The monoisotopic (exact) mass is 331 g/mol. The molecule has 0 bridgehead atoms. The molecule has 2 aromatic rings. The molecule has 0 aromatic heterocycles. The van der Waals surface area contributed by atoms with Crippen molar-refractivity contribution in [3.63, 3.8) is 0 Å². The summed E-state index contributed by atoms with van der Waals surface area (Å²) in [6, 6.07) is 11.2. The molecule has 126 valence electrons. The van der Waals surface area contributed by atoms with Gasteiger partial charge in [0.05, 0.1) is 17.6 Å². The van der Waals surface area contributed by atoms with E-state index in [4.69, 9.17) is 9.47 Å². The highest BCUT2D eigenvalue weighted by Crippen LogP contribution is 2.23. The van der Waals surface area contributed by atoms with Gasteiger partial charge in [-0.25, -0.2) is 4.79 Å². The Morgan fingerprint density at radius 2 is 1.75 bits per heavy atom. The van der Waals surface area contributed by atoms with Crippen molar-refractivity contribution < 1.29 is 23.9 Å². The molecular formula is C17H17NO6. The maximum absolute atomic E-state index is 11.4. The summed E-state index contributed by atoms with van der Waals surface area (Å²) in [6.07, 6.45) is 0. The van der Waals surface area contributed by atoms with Crippen LogP contribution in [0.15, 0.2) is 42.5 Å². The highest BCUT2D eigenvalue weighted by molar-refractivity contribution is 5.89. The zero-order valence-electron chi connectivity index (χ0n) is 13.4. The fourth-order valence-corrected chi connectivity index (χ4v) is 2.07. The Bertz CT molecular complexity index is 744. The van der Waals surface area contributed by atoms with Crippen LogP contribution >= 0.6 is 0 Å². The maximum atomic E-state index is 11.4. The number of rotatable bonds is 7. The number of nitro groups is 1. The molecular weight excluding hydrogens is 314 g/mol. The number of carbonyl (C=O) groups excluding carboxylic acids is 1. The second-order valence-electron chi connectivity index (χ2n) is 4.92. The van der Waals surface area contributed by atoms with E-state index in [1.54, 1.807) is 43.3 Å². The van der Waals surface area contributed by atoms with E-state index >= 15 is 0 Å². The zero-order valence-corrected chi connectivity index (χ0v) is 13.4. The van der Waals surface area contributed by atoms with Gasteiger partial charge in [-0.3, -0.25) is 10.1 Å². The Hall–Kier alpha value is -3.09. The lowest BCUT2D eigenvalue weighted by atomic mass is 10.2. The molecule has 0 heterocycles. The standard InChI is InChI=1S/C17H17NO6/c1-12-10-15(6-7-16(12)18(20)21)24-9-8-23-14-5-3-4-13(11-14)17(19)22-2/h3-7,10-11H,8-9H2,1-2H3. The fraction of sp³-hybridized carbons (Fsp3) is 0.235. The number of nitrogens with zero attached hydrogens (tertiary/aromatic N) is 1. The van der Waals surface area contributed by atoms with Crippen LogP contribution in [0.3, 0.4) is 0 Å². The van der Waals surface area contributed by atoms with Crippen LogP contribution in [-0.2, 0) is 4.74 Å². The second kappa shape index (κ2) is 7.96. The van der Waals surface area contributed by atoms with Gasteiger partial charge in [-0.05, 0) is 37.3 Å². The molecule has 0 N–H and O–H groups in total. The van der Waals surface area contributed by atoms with E-state index in [-0.39, 0.29) is 18.9 Å². The van der Waals surface area contributed by atoms with Gasteiger partial charge in [-0.1, -0.05) is 6.07 Å².